The molecule has 1 aliphatic rings. The topological polar surface area (TPSA) is 154 Å². The van der Waals surface area contributed by atoms with Crippen LogP contribution in [0.1, 0.15) is 61.8 Å². The number of amides is 2. The summed E-state index contributed by atoms with van der Waals surface area (Å²) >= 11 is 1.10. The van der Waals surface area contributed by atoms with Crippen LogP contribution in [0.5, 0.6) is 17.2 Å². The van der Waals surface area contributed by atoms with E-state index in [4.69, 9.17) is 18.9 Å². The molecule has 0 saturated carbocycles. The molecule has 13 heteroatoms. The fourth-order valence-electron chi connectivity index (χ4n) is 5.34. The van der Waals surface area contributed by atoms with Gasteiger partial charge < -0.3 is 34.9 Å². The molecule has 1 aromatic heterocycles. The van der Waals surface area contributed by atoms with E-state index < -0.39 is 24.0 Å². The molecule has 0 unspecified atom stereocenters. The van der Waals surface area contributed by atoms with Crippen LogP contribution in [0.15, 0.2) is 34.4 Å². The second-order valence-corrected chi connectivity index (χ2v) is 11.6. The number of thiazole rings is 1. The minimum absolute atomic E-state index is 0.100. The van der Waals surface area contributed by atoms with E-state index in [9.17, 15) is 19.2 Å². The van der Waals surface area contributed by atoms with Gasteiger partial charge in [-0.05, 0) is 60.6 Å². The third-order valence-electron chi connectivity index (χ3n) is 7.40. The lowest BCUT2D eigenvalue weighted by molar-refractivity contribution is -0.120. The van der Waals surface area contributed by atoms with Gasteiger partial charge >= 0.3 is 5.97 Å². The number of hydrogen-bond acceptors (Lipinski definition) is 11. The summed E-state index contributed by atoms with van der Waals surface area (Å²) in [5, 5.41) is 10.6. The number of aromatic nitrogens is 1. The van der Waals surface area contributed by atoms with Gasteiger partial charge in [0.05, 0.1) is 39.7 Å². The molecular weight excluding hydrogens is 600 g/mol. The number of hydrogen-bond donors (Lipinski definition) is 3. The highest BCUT2D eigenvalue weighted by Crippen LogP contribution is 2.50. The predicted molar refractivity (Wildman–Crippen MR) is 172 cm³/mol. The summed E-state index contributed by atoms with van der Waals surface area (Å²) in [7, 11) is 4.60. The Balaban J connectivity index is 1.78. The smallest absolute Gasteiger partial charge is 0.357 e. The molecule has 1 heterocycles. The zero-order valence-electron chi connectivity index (χ0n) is 26.4. The summed E-state index contributed by atoms with van der Waals surface area (Å²) in [6.07, 6.45) is 1.09. The molecule has 2 atom stereocenters. The Kier molecular flexibility index (Phi) is 10.7. The third kappa shape index (κ3) is 7.19. The maximum Gasteiger partial charge on any atom is 0.357 e. The van der Waals surface area contributed by atoms with Crippen LogP contribution in [0.2, 0.25) is 0 Å². The van der Waals surface area contributed by atoms with Crippen molar-refractivity contribution >= 4 is 39.9 Å². The van der Waals surface area contributed by atoms with E-state index in [1.54, 1.807) is 26.2 Å². The van der Waals surface area contributed by atoms with E-state index in [0.29, 0.717) is 41.2 Å². The number of fused-ring (bicyclic) bond motifs is 3. The fourth-order valence-corrected chi connectivity index (χ4v) is 6.03. The van der Waals surface area contributed by atoms with Crippen molar-refractivity contribution in [3.8, 4) is 28.4 Å². The highest BCUT2D eigenvalue weighted by molar-refractivity contribution is 7.14. The van der Waals surface area contributed by atoms with Gasteiger partial charge in [-0.15, -0.1) is 11.3 Å². The standard InChI is InChI=1S/C32H38N4O8S/c1-8-44-31(40)23-15-45-32(35-23)36-30(39)27(16(2)3)34-22-12-10-19-20(14-24(22)38)21(33-17(4)37)11-9-18-13-25(41-5)28(42-6)29(43-7)26(18)19/h10,12-16,21,27H,8-9,11H2,1-7H3,(H,33,37)(H,34,38)(H,35,36,39)/t21-,27-/m1/s1. The van der Waals surface area contributed by atoms with Crippen LogP contribution in [0.25, 0.3) is 11.1 Å². The van der Waals surface area contributed by atoms with Gasteiger partial charge in [-0.25, -0.2) is 9.78 Å². The fraction of sp³-hybridized carbons (Fsp3) is 0.406. The number of anilines is 2. The molecule has 0 bridgehead atoms. The monoisotopic (exact) mass is 638 g/mol. The quantitative estimate of drug-likeness (QED) is 0.255. The first-order chi connectivity index (χ1) is 21.5. The van der Waals surface area contributed by atoms with Crippen molar-refractivity contribution in [1.29, 1.82) is 0 Å². The zero-order valence-corrected chi connectivity index (χ0v) is 27.2. The summed E-state index contributed by atoms with van der Waals surface area (Å²) in [5.41, 5.74) is 2.81. The van der Waals surface area contributed by atoms with Crippen LogP contribution in [0, 0.1) is 5.92 Å². The van der Waals surface area contributed by atoms with Crippen LogP contribution in [0.4, 0.5) is 10.8 Å². The third-order valence-corrected chi connectivity index (χ3v) is 8.15. The molecule has 0 fully saturated rings. The predicted octanol–water partition coefficient (Wildman–Crippen LogP) is 4.57. The second kappa shape index (κ2) is 14.4. The Hall–Kier alpha value is -4.65. The molecule has 2 aromatic carbocycles. The number of rotatable bonds is 11. The summed E-state index contributed by atoms with van der Waals surface area (Å²) < 4.78 is 22.0. The Morgan fingerprint density at radius 1 is 1.07 bits per heavy atom. The van der Waals surface area contributed by atoms with E-state index in [1.807, 2.05) is 19.9 Å². The van der Waals surface area contributed by atoms with Gasteiger partial charge in [-0.1, -0.05) is 19.9 Å². The molecule has 0 saturated heterocycles. The molecule has 240 valence electrons. The summed E-state index contributed by atoms with van der Waals surface area (Å²) in [4.78, 5) is 55.6. The molecule has 0 radical (unpaired) electrons. The lowest BCUT2D eigenvalue weighted by atomic mass is 9.95. The first-order valence-corrected chi connectivity index (χ1v) is 15.4. The highest BCUT2D eigenvalue weighted by Gasteiger charge is 2.30. The summed E-state index contributed by atoms with van der Waals surface area (Å²) in [6, 6.07) is 5.49. The van der Waals surface area contributed by atoms with Gasteiger partial charge in [0.2, 0.25) is 23.0 Å². The van der Waals surface area contributed by atoms with E-state index >= 15 is 0 Å². The van der Waals surface area contributed by atoms with Gasteiger partial charge in [-0.3, -0.25) is 14.4 Å². The summed E-state index contributed by atoms with van der Waals surface area (Å²) in [5.74, 6) is -0.132. The number of methoxy groups -OCH3 is 3. The minimum atomic E-state index is -0.827. The SMILES string of the molecule is CCOC(=O)c1csc(NC(=O)[C@H](Nc2ccc3c(cc2=O)[C@H](NC(C)=O)CCc2cc(OC)c(OC)c(OC)c2-3)C(C)C)n1. The van der Waals surface area contributed by atoms with Crippen molar-refractivity contribution in [2.75, 3.05) is 38.6 Å². The minimum Gasteiger partial charge on any atom is -0.493 e. The van der Waals surface area contributed by atoms with Crippen molar-refractivity contribution in [3.05, 3.63) is 56.7 Å². The first-order valence-electron chi connectivity index (χ1n) is 14.5. The van der Waals surface area contributed by atoms with Gasteiger partial charge in [0.25, 0.3) is 0 Å². The lowest BCUT2D eigenvalue weighted by Crippen LogP contribution is -2.39. The van der Waals surface area contributed by atoms with E-state index in [0.717, 1.165) is 22.5 Å². The lowest BCUT2D eigenvalue weighted by Gasteiger charge is -2.21. The average Bonchev–Trinajstić information content (AvgIpc) is 3.34. The van der Waals surface area contributed by atoms with Gasteiger partial charge in [-0.2, -0.15) is 0 Å². The maximum absolute atomic E-state index is 13.8. The molecule has 1 aliphatic carbocycles. The van der Waals surface area contributed by atoms with E-state index in [1.165, 1.54) is 32.6 Å². The molecule has 0 aliphatic heterocycles. The number of esters is 1. The normalized spacial score (nSPS) is 14.3. The second-order valence-electron chi connectivity index (χ2n) is 10.7. The van der Waals surface area contributed by atoms with E-state index in [-0.39, 0.29) is 40.4 Å². The van der Waals surface area contributed by atoms with Crippen molar-refractivity contribution in [2.24, 2.45) is 5.92 Å². The number of benzene rings is 1. The number of aryl methyl sites for hydroxylation is 1. The number of nitrogens with zero attached hydrogens (tertiary/aromatic N) is 1. The van der Waals surface area contributed by atoms with Crippen LogP contribution >= 0.6 is 11.3 Å². The molecule has 0 spiro atoms. The van der Waals surface area contributed by atoms with Crippen LogP contribution in [0.3, 0.4) is 0 Å². The van der Waals surface area contributed by atoms with Gasteiger partial charge in [0, 0.05) is 17.9 Å². The molecule has 2 amide bonds. The van der Waals surface area contributed by atoms with Crippen molar-refractivity contribution in [3.63, 3.8) is 0 Å². The van der Waals surface area contributed by atoms with Gasteiger partial charge in [0.15, 0.2) is 22.3 Å². The molecule has 45 heavy (non-hydrogen) atoms. The largest absolute Gasteiger partial charge is 0.493 e. The van der Waals surface area contributed by atoms with Crippen molar-refractivity contribution < 1.29 is 33.3 Å². The Morgan fingerprint density at radius 3 is 2.42 bits per heavy atom. The number of nitrogens with one attached hydrogen (secondary N) is 3. The molecule has 3 N–H and O–H groups in total. The summed E-state index contributed by atoms with van der Waals surface area (Å²) in [6.45, 7) is 7.03. The van der Waals surface area contributed by atoms with Crippen LogP contribution < -0.4 is 35.6 Å². The molecule has 12 nitrogen and oxygen atoms in total. The number of carbonyl (C=O) groups excluding carboxylic acids is 3. The molecule has 4 rings (SSSR count). The van der Waals surface area contributed by atoms with Gasteiger partial charge in [0.1, 0.15) is 6.04 Å². The average molecular weight is 639 g/mol. The van der Waals surface area contributed by atoms with Crippen molar-refractivity contribution in [2.45, 2.75) is 52.6 Å². The first kappa shape index (κ1) is 33.2. The Labute approximate surface area is 265 Å². The van der Waals surface area contributed by atoms with Crippen molar-refractivity contribution in [1.82, 2.24) is 10.3 Å². The highest BCUT2D eigenvalue weighted by atomic mass is 32.1. The van der Waals surface area contributed by atoms with Crippen LogP contribution in [-0.2, 0) is 20.7 Å². The maximum atomic E-state index is 13.8. The zero-order chi connectivity index (χ0) is 32.8. The van der Waals surface area contributed by atoms with Crippen LogP contribution in [-0.4, -0.2) is 56.7 Å². The molecular formula is C32H38N4O8S. The Morgan fingerprint density at radius 2 is 1.80 bits per heavy atom. The Bertz CT molecular complexity index is 1650. The number of carbonyl (C=O) groups is 3. The molecule has 3 aromatic rings. The number of ether oxygens (including phenoxy) is 4. The van der Waals surface area contributed by atoms with E-state index in [2.05, 4.69) is 20.9 Å².